The molecule has 1 rings (SSSR count). The van der Waals surface area contributed by atoms with E-state index in [1.54, 1.807) is 5.38 Å². The molecule has 54 valence electrons. The molecule has 10 heavy (non-hydrogen) atoms. The van der Waals surface area contributed by atoms with Crippen LogP contribution >= 0.6 is 22.9 Å². The van der Waals surface area contributed by atoms with Gasteiger partial charge in [0.15, 0.2) is 5.01 Å². The number of rotatable bonds is 2. The minimum Gasteiger partial charge on any atom is -0.324 e. The van der Waals surface area contributed by atoms with E-state index in [0.29, 0.717) is 10.2 Å². The van der Waals surface area contributed by atoms with Crippen LogP contribution in [0.1, 0.15) is 9.80 Å². The molecule has 0 radical (unpaired) electrons. The topological polar surface area (TPSA) is 56.0 Å². The Bertz CT molecular complexity index is 248. The average Bonchev–Trinajstić information content (AvgIpc) is 2.34. The van der Waals surface area contributed by atoms with Crippen molar-refractivity contribution in [3.63, 3.8) is 0 Å². The second-order valence-electron chi connectivity index (χ2n) is 1.60. The second-order valence-corrected chi connectivity index (χ2v) is 2.85. The lowest BCUT2D eigenvalue weighted by Gasteiger charge is -1.85. The van der Waals surface area contributed by atoms with Crippen LogP contribution in [0.2, 0.25) is 5.15 Å². The summed E-state index contributed by atoms with van der Waals surface area (Å²) in [7, 11) is 0. The van der Waals surface area contributed by atoms with Crippen molar-refractivity contribution in [2.45, 2.75) is 0 Å². The number of aromatic nitrogens is 1. The molecule has 0 amide bonds. The van der Waals surface area contributed by atoms with E-state index >= 15 is 0 Å². The lowest BCUT2D eigenvalue weighted by atomic mass is 10.4. The van der Waals surface area contributed by atoms with Gasteiger partial charge in [-0.2, -0.15) is 0 Å². The fraction of sp³-hybridized carbons (Fsp3) is 0.200. The van der Waals surface area contributed by atoms with Crippen LogP contribution in [0.25, 0.3) is 0 Å². The molecule has 0 bridgehead atoms. The summed E-state index contributed by atoms with van der Waals surface area (Å²) < 4.78 is 0. The first-order chi connectivity index (χ1) is 4.74. The molecule has 0 saturated carbocycles. The Balaban J connectivity index is 2.85. The van der Waals surface area contributed by atoms with Crippen molar-refractivity contribution < 1.29 is 4.79 Å². The van der Waals surface area contributed by atoms with Crippen molar-refractivity contribution in [2.24, 2.45) is 5.73 Å². The molecule has 1 heterocycles. The number of halogens is 1. The van der Waals surface area contributed by atoms with Crippen molar-refractivity contribution >= 4 is 28.7 Å². The maximum atomic E-state index is 10.8. The van der Waals surface area contributed by atoms with Gasteiger partial charge in [0.1, 0.15) is 5.15 Å². The summed E-state index contributed by atoms with van der Waals surface area (Å²) in [5.41, 5.74) is 5.09. The molecular weight excluding hydrogens is 172 g/mol. The molecular formula is C5H5ClN2OS. The first-order valence-electron chi connectivity index (χ1n) is 2.58. The van der Waals surface area contributed by atoms with Gasteiger partial charge in [0.2, 0.25) is 5.78 Å². The lowest BCUT2D eigenvalue weighted by Crippen LogP contribution is -2.12. The van der Waals surface area contributed by atoms with Crippen molar-refractivity contribution in [1.82, 2.24) is 4.98 Å². The highest BCUT2D eigenvalue weighted by atomic mass is 35.5. The fourth-order valence-corrected chi connectivity index (χ4v) is 1.37. The van der Waals surface area contributed by atoms with Crippen molar-refractivity contribution in [2.75, 3.05) is 6.54 Å². The first kappa shape index (κ1) is 7.65. The predicted octanol–water partition coefficient (Wildman–Crippen LogP) is 0.938. The molecule has 0 spiro atoms. The molecule has 5 heteroatoms. The van der Waals surface area contributed by atoms with E-state index in [2.05, 4.69) is 4.98 Å². The van der Waals surface area contributed by atoms with E-state index in [0.717, 1.165) is 0 Å². The van der Waals surface area contributed by atoms with Gasteiger partial charge in [-0.05, 0) is 0 Å². The quantitative estimate of drug-likeness (QED) is 0.683. The number of thiazole rings is 1. The van der Waals surface area contributed by atoms with Gasteiger partial charge < -0.3 is 5.73 Å². The molecule has 2 N–H and O–H groups in total. The van der Waals surface area contributed by atoms with Crippen molar-refractivity contribution in [1.29, 1.82) is 0 Å². The highest BCUT2D eigenvalue weighted by Crippen LogP contribution is 2.13. The molecule has 3 nitrogen and oxygen atoms in total. The van der Waals surface area contributed by atoms with Gasteiger partial charge >= 0.3 is 0 Å². The molecule has 0 atom stereocenters. The van der Waals surface area contributed by atoms with E-state index < -0.39 is 0 Å². The summed E-state index contributed by atoms with van der Waals surface area (Å²) in [6.07, 6.45) is 0. The zero-order valence-electron chi connectivity index (χ0n) is 5.00. The van der Waals surface area contributed by atoms with Gasteiger partial charge in [-0.3, -0.25) is 4.79 Å². The molecule has 0 aliphatic rings. The summed E-state index contributed by atoms with van der Waals surface area (Å²) in [6, 6.07) is 0. The molecule has 1 aromatic rings. The Morgan fingerprint density at radius 1 is 1.90 bits per heavy atom. The molecule has 0 aromatic carbocycles. The van der Waals surface area contributed by atoms with Crippen molar-refractivity contribution in [3.05, 3.63) is 15.5 Å². The van der Waals surface area contributed by atoms with E-state index in [-0.39, 0.29) is 12.3 Å². The lowest BCUT2D eigenvalue weighted by molar-refractivity contribution is 0.100. The monoisotopic (exact) mass is 176 g/mol. The smallest absolute Gasteiger partial charge is 0.204 e. The Labute approximate surface area is 66.8 Å². The minimum absolute atomic E-state index is 0.0101. The van der Waals surface area contributed by atoms with Gasteiger partial charge in [0.05, 0.1) is 6.54 Å². The predicted molar refractivity (Wildman–Crippen MR) is 40.5 cm³/mol. The highest BCUT2D eigenvalue weighted by Gasteiger charge is 2.06. The van der Waals surface area contributed by atoms with Gasteiger partial charge in [0, 0.05) is 5.38 Å². The van der Waals surface area contributed by atoms with Crippen molar-refractivity contribution in [3.8, 4) is 0 Å². The SMILES string of the molecule is NCC(=O)c1nc(Cl)cs1. The van der Waals surface area contributed by atoms with Crippen LogP contribution in [0.4, 0.5) is 0 Å². The first-order valence-corrected chi connectivity index (χ1v) is 3.84. The van der Waals surface area contributed by atoms with E-state index in [4.69, 9.17) is 17.3 Å². The van der Waals surface area contributed by atoms with E-state index in [1.807, 2.05) is 0 Å². The molecule has 0 fully saturated rings. The number of ketones is 1. The Kier molecular flexibility index (Phi) is 2.37. The number of Topliss-reactive ketones (excluding diaryl/α,β-unsaturated/α-hetero) is 1. The molecule has 0 unspecified atom stereocenters. The van der Waals surface area contributed by atoms with Gasteiger partial charge in [0.25, 0.3) is 0 Å². The number of hydrogen-bond acceptors (Lipinski definition) is 4. The molecule has 0 saturated heterocycles. The summed E-state index contributed by atoms with van der Waals surface area (Å²) in [5, 5.41) is 2.33. The summed E-state index contributed by atoms with van der Waals surface area (Å²) in [6.45, 7) is -0.0101. The molecule has 1 aromatic heterocycles. The average molecular weight is 177 g/mol. The van der Waals surface area contributed by atoms with Gasteiger partial charge in [-0.25, -0.2) is 4.98 Å². The van der Waals surface area contributed by atoms with Gasteiger partial charge in [-0.15, -0.1) is 11.3 Å². The van der Waals surface area contributed by atoms with Crippen LogP contribution in [0, 0.1) is 0 Å². The van der Waals surface area contributed by atoms with E-state index in [9.17, 15) is 4.79 Å². The number of hydrogen-bond donors (Lipinski definition) is 1. The number of nitrogens with zero attached hydrogens (tertiary/aromatic N) is 1. The van der Waals surface area contributed by atoms with Crippen LogP contribution < -0.4 is 5.73 Å². The third-order valence-electron chi connectivity index (χ3n) is 0.900. The largest absolute Gasteiger partial charge is 0.324 e. The standard InChI is InChI=1S/C5H5ClN2OS/c6-4-2-10-5(8-4)3(9)1-7/h2H,1,7H2. The summed E-state index contributed by atoms with van der Waals surface area (Å²) in [4.78, 5) is 14.5. The Hall–Kier alpha value is -0.450. The number of carbonyl (C=O) groups excluding carboxylic acids is 1. The minimum atomic E-state index is -0.170. The zero-order valence-corrected chi connectivity index (χ0v) is 6.58. The summed E-state index contributed by atoms with van der Waals surface area (Å²) >= 11 is 6.68. The number of carbonyl (C=O) groups is 1. The van der Waals surface area contributed by atoms with E-state index in [1.165, 1.54) is 11.3 Å². The van der Waals surface area contributed by atoms with Crippen LogP contribution in [-0.4, -0.2) is 17.3 Å². The second kappa shape index (κ2) is 3.09. The normalized spacial score (nSPS) is 9.80. The van der Waals surface area contributed by atoms with Crippen LogP contribution in [0.5, 0.6) is 0 Å². The third-order valence-corrected chi connectivity index (χ3v) is 2.11. The Morgan fingerprint density at radius 2 is 2.60 bits per heavy atom. The molecule has 0 aliphatic heterocycles. The highest BCUT2D eigenvalue weighted by molar-refractivity contribution is 7.12. The summed E-state index contributed by atoms with van der Waals surface area (Å²) in [5.74, 6) is -0.170. The maximum absolute atomic E-state index is 10.8. The van der Waals surface area contributed by atoms with Crippen LogP contribution in [-0.2, 0) is 0 Å². The van der Waals surface area contributed by atoms with Gasteiger partial charge in [-0.1, -0.05) is 11.6 Å². The zero-order chi connectivity index (χ0) is 7.56. The van der Waals surface area contributed by atoms with Crippen LogP contribution in [0.15, 0.2) is 5.38 Å². The Morgan fingerprint density at radius 3 is 3.00 bits per heavy atom. The molecule has 0 aliphatic carbocycles. The number of nitrogens with two attached hydrogens (primary N) is 1. The van der Waals surface area contributed by atoms with Crippen LogP contribution in [0.3, 0.4) is 0 Å². The fourth-order valence-electron chi connectivity index (χ4n) is 0.470. The third kappa shape index (κ3) is 1.53. The maximum Gasteiger partial charge on any atom is 0.204 e.